The van der Waals surface area contributed by atoms with E-state index in [2.05, 4.69) is 0 Å². The van der Waals surface area contributed by atoms with Gasteiger partial charge in [0.1, 0.15) is 11.5 Å². The zero-order valence-corrected chi connectivity index (χ0v) is 5.66. The van der Waals surface area contributed by atoms with Crippen molar-refractivity contribution >= 4 is 6.08 Å². The fourth-order valence-corrected chi connectivity index (χ4v) is 0.662. The van der Waals surface area contributed by atoms with Gasteiger partial charge in [0.25, 0.3) is 0 Å². The van der Waals surface area contributed by atoms with Crippen molar-refractivity contribution in [3.63, 3.8) is 0 Å². The molecule has 2 nitrogen and oxygen atoms in total. The molecule has 0 aliphatic heterocycles. The number of hydrogen-bond acceptors (Lipinski definition) is 2. The third kappa shape index (κ3) is 1.49. The highest BCUT2D eigenvalue weighted by Crippen LogP contribution is 2.07. The summed E-state index contributed by atoms with van der Waals surface area (Å²) in [4.78, 5) is 0. The van der Waals surface area contributed by atoms with Gasteiger partial charge in [0.2, 0.25) is 0 Å². The first kappa shape index (κ1) is 6.63. The molecule has 1 rings (SSSR count). The van der Waals surface area contributed by atoms with Crippen LogP contribution in [-0.2, 0) is 0 Å². The van der Waals surface area contributed by atoms with Crippen LogP contribution in [0.5, 0.6) is 0 Å². The van der Waals surface area contributed by atoms with Gasteiger partial charge in [-0.15, -0.1) is 0 Å². The lowest BCUT2D eigenvalue weighted by atomic mass is 10.4. The van der Waals surface area contributed by atoms with Crippen LogP contribution in [0.3, 0.4) is 0 Å². The summed E-state index contributed by atoms with van der Waals surface area (Å²) in [5.74, 6) is 1.58. The molecular formula is C8H7NO. The number of rotatable bonds is 1. The predicted molar refractivity (Wildman–Crippen MR) is 38.1 cm³/mol. The van der Waals surface area contributed by atoms with E-state index in [4.69, 9.17) is 9.68 Å². The van der Waals surface area contributed by atoms with Crippen molar-refractivity contribution in [2.45, 2.75) is 6.92 Å². The van der Waals surface area contributed by atoms with Crippen molar-refractivity contribution in [3.8, 4) is 6.07 Å². The van der Waals surface area contributed by atoms with E-state index < -0.39 is 0 Å². The molecule has 0 spiro atoms. The van der Waals surface area contributed by atoms with Gasteiger partial charge in [-0.25, -0.2) is 0 Å². The second kappa shape index (κ2) is 2.88. The lowest BCUT2D eigenvalue weighted by Crippen LogP contribution is -1.58. The van der Waals surface area contributed by atoms with Crippen molar-refractivity contribution in [1.82, 2.24) is 0 Å². The number of allylic oxidation sites excluding steroid dienone is 1. The van der Waals surface area contributed by atoms with Crippen LogP contribution in [0.4, 0.5) is 0 Å². The highest BCUT2D eigenvalue weighted by Gasteiger charge is 1.90. The summed E-state index contributed by atoms with van der Waals surface area (Å²) in [5, 5.41) is 8.16. The second-order valence-corrected chi connectivity index (χ2v) is 1.91. The number of nitriles is 1. The second-order valence-electron chi connectivity index (χ2n) is 1.91. The van der Waals surface area contributed by atoms with Crippen LogP contribution in [0.25, 0.3) is 6.08 Å². The smallest absolute Gasteiger partial charge is 0.127 e. The molecule has 0 aliphatic rings. The minimum Gasteiger partial charge on any atom is -0.462 e. The molecule has 10 heavy (non-hydrogen) atoms. The quantitative estimate of drug-likeness (QED) is 0.550. The molecule has 1 heterocycles. The van der Waals surface area contributed by atoms with Gasteiger partial charge in [0.05, 0.1) is 6.07 Å². The van der Waals surface area contributed by atoms with Gasteiger partial charge in [-0.05, 0) is 25.1 Å². The van der Waals surface area contributed by atoms with Crippen LogP contribution in [0, 0.1) is 18.3 Å². The van der Waals surface area contributed by atoms with Gasteiger partial charge < -0.3 is 4.42 Å². The van der Waals surface area contributed by atoms with Crippen LogP contribution in [0.2, 0.25) is 0 Å². The van der Waals surface area contributed by atoms with Crippen molar-refractivity contribution in [2.75, 3.05) is 0 Å². The van der Waals surface area contributed by atoms with E-state index in [1.165, 1.54) is 6.08 Å². The highest BCUT2D eigenvalue weighted by molar-refractivity contribution is 5.45. The topological polar surface area (TPSA) is 36.9 Å². The van der Waals surface area contributed by atoms with Gasteiger partial charge in [0.15, 0.2) is 0 Å². The number of nitrogens with zero attached hydrogens (tertiary/aromatic N) is 1. The van der Waals surface area contributed by atoms with Crippen LogP contribution >= 0.6 is 0 Å². The Bertz CT molecular complexity index is 278. The summed E-state index contributed by atoms with van der Waals surface area (Å²) in [6.07, 6.45) is 3.02. The average molecular weight is 133 g/mol. The first-order valence-electron chi connectivity index (χ1n) is 2.95. The third-order valence-electron chi connectivity index (χ3n) is 1.08. The van der Waals surface area contributed by atoms with E-state index in [9.17, 15) is 0 Å². The molecule has 0 saturated carbocycles. The van der Waals surface area contributed by atoms with Crippen LogP contribution in [0.1, 0.15) is 11.5 Å². The molecule has 0 fully saturated rings. The Morgan fingerprint density at radius 2 is 2.40 bits per heavy atom. The zero-order valence-electron chi connectivity index (χ0n) is 5.66. The normalized spacial score (nSPS) is 10.0. The summed E-state index contributed by atoms with van der Waals surface area (Å²) in [6, 6.07) is 5.57. The molecule has 0 aromatic carbocycles. The lowest BCUT2D eigenvalue weighted by Gasteiger charge is -1.79. The molecule has 50 valence electrons. The monoisotopic (exact) mass is 133 g/mol. The molecule has 0 amide bonds. The minimum atomic E-state index is 0.721. The van der Waals surface area contributed by atoms with Gasteiger partial charge in [-0.2, -0.15) is 5.26 Å². The molecule has 0 bridgehead atoms. The van der Waals surface area contributed by atoms with Gasteiger partial charge in [0, 0.05) is 6.08 Å². The maximum atomic E-state index is 8.16. The fourth-order valence-electron chi connectivity index (χ4n) is 0.662. The molecule has 1 aromatic rings. The maximum absolute atomic E-state index is 8.16. The van der Waals surface area contributed by atoms with Crippen molar-refractivity contribution in [3.05, 3.63) is 29.7 Å². The van der Waals surface area contributed by atoms with Crippen molar-refractivity contribution in [2.24, 2.45) is 0 Å². The van der Waals surface area contributed by atoms with Crippen LogP contribution in [0.15, 0.2) is 22.6 Å². The largest absolute Gasteiger partial charge is 0.462 e. The van der Waals surface area contributed by atoms with Crippen molar-refractivity contribution in [1.29, 1.82) is 5.26 Å². The average Bonchev–Trinajstić information content (AvgIpc) is 2.31. The molecular weight excluding hydrogens is 126 g/mol. The summed E-state index contributed by atoms with van der Waals surface area (Å²) < 4.78 is 5.15. The van der Waals surface area contributed by atoms with E-state index in [0.717, 1.165) is 11.5 Å². The molecule has 0 saturated heterocycles. The first-order chi connectivity index (χ1) is 4.83. The van der Waals surface area contributed by atoms with Crippen LogP contribution < -0.4 is 0 Å². The summed E-state index contributed by atoms with van der Waals surface area (Å²) in [7, 11) is 0. The molecule has 2 heteroatoms. The predicted octanol–water partition coefficient (Wildman–Crippen LogP) is 2.12. The Labute approximate surface area is 59.4 Å². The Morgan fingerprint density at radius 1 is 1.60 bits per heavy atom. The lowest BCUT2D eigenvalue weighted by molar-refractivity contribution is 0.525. The van der Waals surface area contributed by atoms with Gasteiger partial charge >= 0.3 is 0 Å². The Balaban J connectivity index is 2.78. The molecule has 0 atom stereocenters. The first-order valence-corrected chi connectivity index (χ1v) is 2.95. The minimum absolute atomic E-state index is 0.721. The Hall–Kier alpha value is -1.49. The summed E-state index contributed by atoms with van der Waals surface area (Å²) >= 11 is 0. The SMILES string of the molecule is Cc1ccc(/C=C/C#N)o1. The number of furan rings is 1. The van der Waals surface area contributed by atoms with E-state index in [-0.39, 0.29) is 0 Å². The molecule has 0 N–H and O–H groups in total. The standard InChI is InChI=1S/C8H7NO/c1-7-4-5-8(10-7)3-2-6-9/h2-5H,1H3/b3-2+. The highest BCUT2D eigenvalue weighted by atomic mass is 16.3. The third-order valence-corrected chi connectivity index (χ3v) is 1.08. The zero-order chi connectivity index (χ0) is 7.40. The van der Waals surface area contributed by atoms with Gasteiger partial charge in [-0.1, -0.05) is 0 Å². The number of hydrogen-bond donors (Lipinski definition) is 0. The van der Waals surface area contributed by atoms with Crippen molar-refractivity contribution < 1.29 is 4.42 Å². The Kier molecular flexibility index (Phi) is 1.91. The van der Waals surface area contributed by atoms with E-state index in [1.54, 1.807) is 6.08 Å². The summed E-state index contributed by atoms with van der Waals surface area (Å²) in [6.45, 7) is 1.86. The maximum Gasteiger partial charge on any atom is 0.127 e. The van der Waals surface area contributed by atoms with E-state index >= 15 is 0 Å². The number of aryl methyl sites for hydroxylation is 1. The Morgan fingerprint density at radius 3 is 2.90 bits per heavy atom. The van der Waals surface area contributed by atoms with Crippen LogP contribution in [-0.4, -0.2) is 0 Å². The summed E-state index contributed by atoms with van der Waals surface area (Å²) in [5.41, 5.74) is 0. The van der Waals surface area contributed by atoms with E-state index in [0.29, 0.717) is 0 Å². The fraction of sp³-hybridized carbons (Fsp3) is 0.125. The van der Waals surface area contributed by atoms with E-state index in [1.807, 2.05) is 25.1 Å². The molecule has 0 radical (unpaired) electrons. The molecule has 1 aromatic heterocycles. The molecule has 0 unspecified atom stereocenters. The van der Waals surface area contributed by atoms with Gasteiger partial charge in [-0.3, -0.25) is 0 Å². The molecule has 0 aliphatic carbocycles.